The molecule has 0 unspecified atom stereocenters. The molecule has 0 saturated carbocycles. The van der Waals surface area contributed by atoms with Crippen molar-refractivity contribution in [1.29, 1.82) is 0 Å². The monoisotopic (exact) mass is 330 g/mol. The normalized spacial score (nSPS) is 24.4. The van der Waals surface area contributed by atoms with Crippen LogP contribution >= 0.6 is 0 Å². The largest absolute Gasteiger partial charge is 0.495 e. The highest BCUT2D eigenvalue weighted by Crippen LogP contribution is 2.35. The second-order valence-electron chi connectivity index (χ2n) is 6.96. The maximum Gasteiger partial charge on any atom is 0.228 e. The van der Waals surface area contributed by atoms with Crippen molar-refractivity contribution in [2.75, 3.05) is 25.1 Å². The summed E-state index contributed by atoms with van der Waals surface area (Å²) in [6, 6.07) is 6.07. The van der Waals surface area contributed by atoms with Gasteiger partial charge in [0, 0.05) is 25.6 Å². The van der Waals surface area contributed by atoms with Crippen LogP contribution in [0.1, 0.15) is 38.2 Å². The van der Waals surface area contributed by atoms with E-state index in [1.807, 2.05) is 30.0 Å². The lowest BCUT2D eigenvalue weighted by Crippen LogP contribution is -2.45. The number of rotatable bonds is 3. The number of likely N-dealkylation sites (tertiary alicyclic amines) is 1. The van der Waals surface area contributed by atoms with Crippen LogP contribution < -0.4 is 9.64 Å². The molecule has 2 aliphatic rings. The van der Waals surface area contributed by atoms with Crippen LogP contribution in [0.2, 0.25) is 0 Å². The third-order valence-electron chi connectivity index (χ3n) is 5.19. The first kappa shape index (κ1) is 16.8. The van der Waals surface area contributed by atoms with Gasteiger partial charge in [-0.3, -0.25) is 9.59 Å². The van der Waals surface area contributed by atoms with Gasteiger partial charge in [-0.05, 0) is 50.8 Å². The molecule has 0 aliphatic carbocycles. The standard InChI is InChI=1S/C19H26N2O3/c1-13-7-8-17(24-3)16(10-13)21-12-15(11-18(21)22)19(23)20-9-5-4-6-14(20)2/h7-8,10,14-15H,4-6,9,11-12H2,1-3H3/t14-,15+/m1/s1. The fourth-order valence-corrected chi connectivity index (χ4v) is 3.78. The van der Waals surface area contributed by atoms with Gasteiger partial charge < -0.3 is 14.5 Å². The van der Waals surface area contributed by atoms with Crippen molar-refractivity contribution >= 4 is 17.5 Å². The Morgan fingerprint density at radius 2 is 2.08 bits per heavy atom. The summed E-state index contributed by atoms with van der Waals surface area (Å²) in [5, 5.41) is 0. The van der Waals surface area contributed by atoms with Crippen LogP contribution in [0.25, 0.3) is 0 Å². The molecule has 5 nitrogen and oxygen atoms in total. The number of hydrogen-bond donors (Lipinski definition) is 0. The minimum absolute atomic E-state index is 0.00177. The first-order valence-electron chi connectivity index (χ1n) is 8.76. The third-order valence-corrected chi connectivity index (χ3v) is 5.19. The second-order valence-corrected chi connectivity index (χ2v) is 6.96. The van der Waals surface area contributed by atoms with Crippen LogP contribution in [0.4, 0.5) is 5.69 Å². The Bertz CT molecular complexity index is 643. The summed E-state index contributed by atoms with van der Waals surface area (Å²) in [6.45, 7) is 5.36. The van der Waals surface area contributed by atoms with Crippen molar-refractivity contribution in [2.24, 2.45) is 5.92 Å². The fourth-order valence-electron chi connectivity index (χ4n) is 3.78. The number of piperidine rings is 1. The fraction of sp³-hybridized carbons (Fsp3) is 0.579. The van der Waals surface area contributed by atoms with Crippen LogP contribution in [0, 0.1) is 12.8 Å². The van der Waals surface area contributed by atoms with E-state index in [0.29, 0.717) is 18.7 Å². The zero-order valence-electron chi connectivity index (χ0n) is 14.7. The van der Waals surface area contributed by atoms with Crippen LogP contribution in [0.3, 0.4) is 0 Å². The molecule has 2 atom stereocenters. The molecule has 0 radical (unpaired) electrons. The van der Waals surface area contributed by atoms with E-state index in [0.717, 1.165) is 30.6 Å². The van der Waals surface area contributed by atoms with Crippen molar-refractivity contribution in [1.82, 2.24) is 4.90 Å². The number of methoxy groups -OCH3 is 1. The maximum atomic E-state index is 12.9. The molecular weight excluding hydrogens is 304 g/mol. The quantitative estimate of drug-likeness (QED) is 0.856. The lowest BCUT2D eigenvalue weighted by atomic mass is 9.99. The van der Waals surface area contributed by atoms with E-state index in [-0.39, 0.29) is 23.8 Å². The summed E-state index contributed by atoms with van der Waals surface area (Å²) in [5.74, 6) is 0.559. The molecule has 0 N–H and O–H groups in total. The van der Waals surface area contributed by atoms with E-state index in [4.69, 9.17) is 4.74 Å². The Hall–Kier alpha value is -2.04. The number of ether oxygens (including phenoxy) is 1. The van der Waals surface area contributed by atoms with Crippen molar-refractivity contribution in [3.63, 3.8) is 0 Å². The van der Waals surface area contributed by atoms with Crippen molar-refractivity contribution < 1.29 is 14.3 Å². The Kier molecular flexibility index (Phi) is 4.78. The van der Waals surface area contributed by atoms with Crippen LogP contribution in [0.15, 0.2) is 18.2 Å². The van der Waals surface area contributed by atoms with Gasteiger partial charge in [0.05, 0.1) is 18.7 Å². The Morgan fingerprint density at radius 1 is 1.29 bits per heavy atom. The molecule has 1 aromatic rings. The predicted octanol–water partition coefficient (Wildman–Crippen LogP) is 2.76. The minimum Gasteiger partial charge on any atom is -0.495 e. The van der Waals surface area contributed by atoms with Gasteiger partial charge in [0.1, 0.15) is 5.75 Å². The third kappa shape index (κ3) is 3.12. The van der Waals surface area contributed by atoms with Gasteiger partial charge >= 0.3 is 0 Å². The average molecular weight is 330 g/mol. The highest BCUT2D eigenvalue weighted by Gasteiger charge is 2.39. The average Bonchev–Trinajstić information content (AvgIpc) is 2.96. The Labute approximate surface area is 143 Å². The molecule has 130 valence electrons. The van der Waals surface area contributed by atoms with Crippen LogP contribution in [-0.4, -0.2) is 43.0 Å². The van der Waals surface area contributed by atoms with Gasteiger partial charge in [-0.25, -0.2) is 0 Å². The van der Waals surface area contributed by atoms with Gasteiger partial charge in [-0.2, -0.15) is 0 Å². The van der Waals surface area contributed by atoms with E-state index in [1.165, 1.54) is 6.42 Å². The maximum absolute atomic E-state index is 12.9. The van der Waals surface area contributed by atoms with Gasteiger partial charge in [-0.1, -0.05) is 6.07 Å². The summed E-state index contributed by atoms with van der Waals surface area (Å²) in [5.41, 5.74) is 1.84. The molecule has 2 heterocycles. The van der Waals surface area contributed by atoms with Crippen molar-refractivity contribution in [3.8, 4) is 5.75 Å². The summed E-state index contributed by atoms with van der Waals surface area (Å²) < 4.78 is 5.40. The van der Waals surface area contributed by atoms with Gasteiger partial charge in [0.25, 0.3) is 0 Å². The summed E-state index contributed by atoms with van der Waals surface area (Å²) in [6.07, 6.45) is 3.59. The first-order valence-corrected chi connectivity index (χ1v) is 8.76. The molecule has 0 bridgehead atoms. The number of carbonyl (C=O) groups is 2. The topological polar surface area (TPSA) is 49.9 Å². The highest BCUT2D eigenvalue weighted by molar-refractivity contribution is 6.01. The number of anilines is 1. The summed E-state index contributed by atoms with van der Waals surface area (Å²) >= 11 is 0. The smallest absolute Gasteiger partial charge is 0.228 e. The molecule has 2 fully saturated rings. The Balaban J connectivity index is 1.78. The number of amides is 2. The molecule has 3 rings (SSSR count). The van der Waals surface area contributed by atoms with E-state index < -0.39 is 0 Å². The number of nitrogens with zero attached hydrogens (tertiary/aromatic N) is 2. The van der Waals surface area contributed by atoms with Gasteiger partial charge in [-0.15, -0.1) is 0 Å². The van der Waals surface area contributed by atoms with E-state index in [1.54, 1.807) is 12.0 Å². The molecule has 2 saturated heterocycles. The summed E-state index contributed by atoms with van der Waals surface area (Å²) in [4.78, 5) is 29.1. The molecule has 1 aromatic carbocycles. The minimum atomic E-state index is -0.247. The zero-order valence-corrected chi connectivity index (χ0v) is 14.7. The van der Waals surface area contributed by atoms with Gasteiger partial charge in [0.2, 0.25) is 11.8 Å². The van der Waals surface area contributed by atoms with Crippen molar-refractivity contribution in [2.45, 2.75) is 45.6 Å². The van der Waals surface area contributed by atoms with Crippen molar-refractivity contribution in [3.05, 3.63) is 23.8 Å². The molecule has 24 heavy (non-hydrogen) atoms. The Morgan fingerprint density at radius 3 is 2.79 bits per heavy atom. The van der Waals surface area contributed by atoms with E-state index in [9.17, 15) is 9.59 Å². The SMILES string of the molecule is COc1ccc(C)cc1N1C[C@@H](C(=O)N2CCCC[C@H]2C)CC1=O. The predicted molar refractivity (Wildman–Crippen MR) is 93.2 cm³/mol. The van der Waals surface area contributed by atoms with Gasteiger partial charge in [0.15, 0.2) is 0 Å². The number of hydrogen-bond acceptors (Lipinski definition) is 3. The molecule has 0 aromatic heterocycles. The van der Waals surface area contributed by atoms with E-state index >= 15 is 0 Å². The zero-order chi connectivity index (χ0) is 17.3. The van der Waals surface area contributed by atoms with E-state index in [2.05, 4.69) is 6.92 Å². The molecular formula is C19H26N2O3. The molecule has 2 aliphatic heterocycles. The van der Waals surface area contributed by atoms with Crippen LogP contribution in [0.5, 0.6) is 5.75 Å². The number of carbonyl (C=O) groups excluding carboxylic acids is 2. The molecule has 5 heteroatoms. The lowest BCUT2D eigenvalue weighted by Gasteiger charge is -2.35. The summed E-state index contributed by atoms with van der Waals surface area (Å²) in [7, 11) is 1.60. The highest BCUT2D eigenvalue weighted by atomic mass is 16.5. The molecule has 2 amide bonds. The second kappa shape index (κ2) is 6.83. The molecule has 0 spiro atoms. The number of aryl methyl sites for hydroxylation is 1. The lowest BCUT2D eigenvalue weighted by molar-refractivity contribution is -0.139. The number of benzene rings is 1. The van der Waals surface area contributed by atoms with Crippen LogP contribution in [-0.2, 0) is 9.59 Å². The first-order chi connectivity index (χ1) is 11.5.